The topological polar surface area (TPSA) is 46.5 Å². The number of carbonyl (C=O) groups is 1. The molecule has 144 valence electrons. The van der Waals surface area contributed by atoms with E-state index in [9.17, 15) is 4.79 Å². The van der Waals surface area contributed by atoms with Crippen LogP contribution >= 0.6 is 0 Å². The van der Waals surface area contributed by atoms with Crippen molar-refractivity contribution in [1.82, 2.24) is 9.47 Å². The van der Waals surface area contributed by atoms with E-state index in [0.29, 0.717) is 13.2 Å². The number of hydrogen-bond acceptors (Lipinski definition) is 2. The van der Waals surface area contributed by atoms with Crippen LogP contribution in [0.2, 0.25) is 0 Å². The molecule has 3 aromatic rings. The quantitative estimate of drug-likeness (QED) is 0.701. The maximum absolute atomic E-state index is 13.1. The van der Waals surface area contributed by atoms with Gasteiger partial charge in [-0.25, -0.2) is 4.79 Å². The van der Waals surface area contributed by atoms with Gasteiger partial charge in [0.25, 0.3) is 0 Å². The Balaban J connectivity index is 1.53. The summed E-state index contributed by atoms with van der Waals surface area (Å²) in [7, 11) is 0. The summed E-state index contributed by atoms with van der Waals surface area (Å²) in [6.45, 7) is 4.07. The Hall–Kier alpha value is -3.21. The van der Waals surface area contributed by atoms with Gasteiger partial charge in [-0.05, 0) is 55.3 Å². The molecule has 4 rings (SSSR count). The first kappa shape index (κ1) is 18.2. The van der Waals surface area contributed by atoms with Crippen molar-refractivity contribution in [2.75, 3.05) is 18.5 Å². The van der Waals surface area contributed by atoms with E-state index in [1.807, 2.05) is 54.3 Å². The van der Waals surface area contributed by atoms with Crippen molar-refractivity contribution in [3.8, 4) is 5.75 Å². The highest BCUT2D eigenvalue weighted by atomic mass is 16.5. The molecular weight excluding hydrogens is 350 g/mol. The third kappa shape index (κ3) is 3.88. The summed E-state index contributed by atoms with van der Waals surface area (Å²) in [5.74, 6) is 0.804. The number of carbonyl (C=O) groups excluding carboxylic acids is 1. The summed E-state index contributed by atoms with van der Waals surface area (Å²) < 4.78 is 7.71. The molecule has 0 radical (unpaired) electrons. The van der Waals surface area contributed by atoms with E-state index in [4.69, 9.17) is 4.74 Å². The molecule has 0 spiro atoms. The average molecular weight is 375 g/mol. The summed E-state index contributed by atoms with van der Waals surface area (Å²) in [6, 6.07) is 22.0. The Kier molecular flexibility index (Phi) is 5.33. The molecule has 2 heterocycles. The van der Waals surface area contributed by atoms with Gasteiger partial charge in [-0.15, -0.1) is 0 Å². The van der Waals surface area contributed by atoms with Crippen LogP contribution in [0.1, 0.15) is 24.2 Å². The van der Waals surface area contributed by atoms with Crippen LogP contribution in [0.5, 0.6) is 5.75 Å². The van der Waals surface area contributed by atoms with Crippen molar-refractivity contribution < 1.29 is 9.53 Å². The zero-order valence-electron chi connectivity index (χ0n) is 16.0. The second-order valence-corrected chi connectivity index (χ2v) is 6.91. The van der Waals surface area contributed by atoms with Gasteiger partial charge < -0.3 is 19.5 Å². The smallest absolute Gasteiger partial charge is 0.322 e. The lowest BCUT2D eigenvalue weighted by Crippen LogP contribution is -2.44. The van der Waals surface area contributed by atoms with Crippen LogP contribution in [-0.4, -0.2) is 28.6 Å². The van der Waals surface area contributed by atoms with Crippen LogP contribution in [0.15, 0.2) is 72.9 Å². The van der Waals surface area contributed by atoms with Gasteiger partial charge in [-0.2, -0.15) is 0 Å². The van der Waals surface area contributed by atoms with Gasteiger partial charge in [0.2, 0.25) is 0 Å². The van der Waals surface area contributed by atoms with Crippen molar-refractivity contribution in [1.29, 1.82) is 0 Å². The molecule has 0 saturated heterocycles. The summed E-state index contributed by atoms with van der Waals surface area (Å²) in [4.78, 5) is 15.0. The minimum atomic E-state index is -0.0717. The zero-order valence-corrected chi connectivity index (χ0v) is 16.0. The highest BCUT2D eigenvalue weighted by molar-refractivity contribution is 5.89. The van der Waals surface area contributed by atoms with Crippen molar-refractivity contribution in [3.63, 3.8) is 0 Å². The Morgan fingerprint density at radius 2 is 1.82 bits per heavy atom. The SMILES string of the molecule is CCOc1ccc(NC(=O)N2CCn3cccc3[C@H]2Cc2ccccc2)cc1. The predicted octanol–water partition coefficient (Wildman–Crippen LogP) is 4.72. The fraction of sp³-hybridized carbons (Fsp3) is 0.261. The van der Waals surface area contributed by atoms with Crippen LogP contribution in [0.25, 0.3) is 0 Å². The number of ether oxygens (including phenoxy) is 1. The Morgan fingerprint density at radius 3 is 2.57 bits per heavy atom. The molecule has 2 aromatic carbocycles. The number of anilines is 1. The minimum absolute atomic E-state index is 0.00819. The highest BCUT2D eigenvalue weighted by Gasteiger charge is 2.31. The van der Waals surface area contributed by atoms with Crippen molar-refractivity contribution in [2.45, 2.75) is 25.9 Å². The number of fused-ring (bicyclic) bond motifs is 1. The molecule has 5 nitrogen and oxygen atoms in total. The second kappa shape index (κ2) is 8.21. The number of benzene rings is 2. The van der Waals surface area contributed by atoms with Gasteiger partial charge in [-0.3, -0.25) is 0 Å². The van der Waals surface area contributed by atoms with Gasteiger partial charge >= 0.3 is 6.03 Å². The van der Waals surface area contributed by atoms with Gasteiger partial charge in [0.15, 0.2) is 0 Å². The van der Waals surface area contributed by atoms with E-state index in [1.165, 1.54) is 11.3 Å². The monoisotopic (exact) mass is 375 g/mol. The third-order valence-electron chi connectivity index (χ3n) is 5.11. The number of hydrogen-bond donors (Lipinski definition) is 1. The molecule has 0 aliphatic carbocycles. The molecule has 5 heteroatoms. The summed E-state index contributed by atoms with van der Waals surface area (Å²) in [6.07, 6.45) is 2.89. The standard InChI is InChI=1S/C23H25N3O2/c1-2-28-20-12-10-19(11-13-20)24-23(27)26-16-15-25-14-6-9-21(25)22(26)17-18-7-4-3-5-8-18/h3-14,22H,2,15-17H2,1H3,(H,24,27)/t22-/m1/s1. The van der Waals surface area contributed by atoms with E-state index in [0.717, 1.165) is 24.4 Å². The molecular formula is C23H25N3O2. The van der Waals surface area contributed by atoms with Gasteiger partial charge in [-0.1, -0.05) is 30.3 Å². The van der Waals surface area contributed by atoms with E-state index in [1.54, 1.807) is 0 Å². The molecule has 1 aliphatic rings. The van der Waals surface area contributed by atoms with Crippen molar-refractivity contribution in [2.24, 2.45) is 0 Å². The van der Waals surface area contributed by atoms with E-state index < -0.39 is 0 Å². The van der Waals surface area contributed by atoms with E-state index >= 15 is 0 Å². The van der Waals surface area contributed by atoms with Crippen LogP contribution in [0.3, 0.4) is 0 Å². The maximum atomic E-state index is 13.1. The normalized spacial score (nSPS) is 15.8. The first-order chi connectivity index (χ1) is 13.7. The fourth-order valence-corrected chi connectivity index (χ4v) is 3.76. The van der Waals surface area contributed by atoms with Crippen molar-refractivity contribution in [3.05, 3.63) is 84.2 Å². The number of nitrogens with one attached hydrogen (secondary N) is 1. The number of urea groups is 1. The van der Waals surface area contributed by atoms with Crippen LogP contribution in [0, 0.1) is 0 Å². The zero-order chi connectivity index (χ0) is 19.3. The summed E-state index contributed by atoms with van der Waals surface area (Å²) in [5.41, 5.74) is 3.17. The molecule has 28 heavy (non-hydrogen) atoms. The van der Waals surface area contributed by atoms with Crippen LogP contribution in [0.4, 0.5) is 10.5 Å². The van der Waals surface area contributed by atoms with Crippen LogP contribution < -0.4 is 10.1 Å². The Labute approximate surface area is 165 Å². The number of rotatable bonds is 5. The van der Waals surface area contributed by atoms with Crippen LogP contribution in [-0.2, 0) is 13.0 Å². The lowest BCUT2D eigenvalue weighted by molar-refractivity contribution is 0.167. The van der Waals surface area contributed by atoms with Gasteiger partial charge in [0, 0.05) is 30.7 Å². The molecule has 1 aliphatic heterocycles. The third-order valence-corrected chi connectivity index (χ3v) is 5.11. The molecule has 0 bridgehead atoms. The largest absolute Gasteiger partial charge is 0.494 e. The van der Waals surface area contributed by atoms with E-state index in [-0.39, 0.29) is 12.1 Å². The fourth-order valence-electron chi connectivity index (χ4n) is 3.76. The molecule has 1 N–H and O–H groups in total. The lowest BCUT2D eigenvalue weighted by atomic mass is 10.0. The second-order valence-electron chi connectivity index (χ2n) is 6.91. The summed E-state index contributed by atoms with van der Waals surface area (Å²) in [5, 5.41) is 3.04. The highest BCUT2D eigenvalue weighted by Crippen LogP contribution is 2.30. The molecule has 1 aromatic heterocycles. The first-order valence-corrected chi connectivity index (χ1v) is 9.74. The van der Waals surface area contributed by atoms with Gasteiger partial charge in [0.1, 0.15) is 5.75 Å². The Morgan fingerprint density at radius 1 is 1.04 bits per heavy atom. The van der Waals surface area contributed by atoms with E-state index in [2.05, 4.69) is 40.3 Å². The molecule has 0 saturated carbocycles. The summed E-state index contributed by atoms with van der Waals surface area (Å²) >= 11 is 0. The molecule has 0 fully saturated rings. The number of aromatic nitrogens is 1. The minimum Gasteiger partial charge on any atom is -0.494 e. The predicted molar refractivity (Wildman–Crippen MR) is 111 cm³/mol. The molecule has 0 unspecified atom stereocenters. The average Bonchev–Trinajstić information content (AvgIpc) is 3.20. The van der Waals surface area contributed by atoms with Crippen molar-refractivity contribution >= 4 is 11.7 Å². The first-order valence-electron chi connectivity index (χ1n) is 9.74. The number of amides is 2. The number of nitrogens with zero attached hydrogens (tertiary/aromatic N) is 2. The maximum Gasteiger partial charge on any atom is 0.322 e. The molecule has 2 amide bonds. The Bertz CT molecular complexity index is 919. The lowest BCUT2D eigenvalue weighted by Gasteiger charge is -2.37. The molecule has 1 atom stereocenters. The van der Waals surface area contributed by atoms with Gasteiger partial charge in [0.05, 0.1) is 12.6 Å².